The number of aromatic nitrogens is 3. The maximum atomic E-state index is 12.1. The quantitative estimate of drug-likeness (QED) is 0.165. The van der Waals surface area contributed by atoms with Crippen molar-refractivity contribution in [3.63, 3.8) is 0 Å². The lowest BCUT2D eigenvalue weighted by Gasteiger charge is -2.08. The molecule has 0 aliphatic heterocycles. The summed E-state index contributed by atoms with van der Waals surface area (Å²) < 4.78 is 18.1. The van der Waals surface area contributed by atoms with E-state index in [9.17, 15) is 9.59 Å². The first-order chi connectivity index (χ1) is 19.6. The fraction of sp³-hybridized carbons (Fsp3) is 0.226. The van der Waals surface area contributed by atoms with E-state index in [2.05, 4.69) is 39.9 Å². The van der Waals surface area contributed by atoms with Gasteiger partial charge in [0.15, 0.2) is 0 Å². The molecule has 5 rings (SSSR count). The average Bonchev–Trinajstić information content (AvgIpc) is 3.42. The molecule has 0 aliphatic carbocycles. The zero-order valence-electron chi connectivity index (χ0n) is 22.0. The minimum absolute atomic E-state index is 0.220. The zero-order chi connectivity index (χ0) is 27.6. The van der Waals surface area contributed by atoms with Crippen LogP contribution in [-0.4, -0.2) is 27.6 Å². The number of hydrogen-bond donors (Lipinski definition) is 1. The molecule has 40 heavy (non-hydrogen) atoms. The molecule has 2 heterocycles. The van der Waals surface area contributed by atoms with Crippen LogP contribution in [0.3, 0.4) is 0 Å². The minimum Gasteiger partial charge on any atom is -0.487 e. The Bertz CT molecular complexity index is 1600. The first kappa shape index (κ1) is 26.7. The van der Waals surface area contributed by atoms with Gasteiger partial charge in [-0.15, -0.1) is 5.10 Å². The highest BCUT2D eigenvalue weighted by Crippen LogP contribution is 2.20. The molecule has 1 amide bonds. The number of unbranched alkanes of at least 4 members (excludes halogenated alkanes) is 2. The van der Waals surface area contributed by atoms with Crippen LogP contribution in [0.4, 0.5) is 4.79 Å². The summed E-state index contributed by atoms with van der Waals surface area (Å²) in [5.41, 5.74) is 3.04. The van der Waals surface area contributed by atoms with Crippen LogP contribution in [0.15, 0.2) is 100 Å². The van der Waals surface area contributed by atoms with Crippen molar-refractivity contribution in [3.8, 4) is 11.5 Å². The molecular formula is C31H30N4O5. The van der Waals surface area contributed by atoms with E-state index in [1.165, 1.54) is 11.6 Å². The standard InChI is InChI=1S/C31H30N4O5/c36-30-17-13-25-12-16-28(19-29(25)40-30)38-22-26-21-35(34-33-26)20-24-10-14-27(15-11-24)39-31(37)32-18-6-2-5-9-23-7-3-1-4-8-23/h1,3-4,7-8,10-17,19,21H,2,5-6,9,18,20,22H2,(H,32,37). The van der Waals surface area contributed by atoms with Crippen LogP contribution >= 0.6 is 0 Å². The molecular weight excluding hydrogens is 508 g/mol. The summed E-state index contributed by atoms with van der Waals surface area (Å²) in [6.45, 7) is 1.31. The SMILES string of the molecule is O=C(NCCCCCc1ccccc1)Oc1ccc(Cn2cc(COc3ccc4ccc(=O)oc4c3)nn2)cc1. The van der Waals surface area contributed by atoms with Crippen LogP contribution in [0, 0.1) is 0 Å². The Balaban J connectivity index is 1.02. The van der Waals surface area contributed by atoms with Gasteiger partial charge in [0.1, 0.15) is 29.4 Å². The second kappa shape index (κ2) is 13.2. The summed E-state index contributed by atoms with van der Waals surface area (Å²) in [6.07, 6.45) is 5.45. The molecule has 0 saturated heterocycles. The van der Waals surface area contributed by atoms with Crippen LogP contribution < -0.4 is 20.4 Å². The van der Waals surface area contributed by atoms with Gasteiger partial charge in [-0.3, -0.25) is 0 Å². The third kappa shape index (κ3) is 7.80. The molecule has 0 fully saturated rings. The fourth-order valence-corrected chi connectivity index (χ4v) is 4.23. The van der Waals surface area contributed by atoms with Crippen molar-refractivity contribution in [1.82, 2.24) is 20.3 Å². The van der Waals surface area contributed by atoms with Crippen molar-refractivity contribution in [2.75, 3.05) is 6.54 Å². The van der Waals surface area contributed by atoms with E-state index in [0.717, 1.165) is 36.6 Å². The minimum atomic E-state index is -0.453. The van der Waals surface area contributed by atoms with Crippen LogP contribution in [0.1, 0.15) is 36.1 Å². The van der Waals surface area contributed by atoms with E-state index in [4.69, 9.17) is 13.9 Å². The lowest BCUT2D eigenvalue weighted by atomic mass is 10.1. The van der Waals surface area contributed by atoms with Gasteiger partial charge in [-0.2, -0.15) is 0 Å². The monoisotopic (exact) mass is 538 g/mol. The molecule has 0 unspecified atom stereocenters. The highest BCUT2D eigenvalue weighted by atomic mass is 16.6. The zero-order valence-corrected chi connectivity index (χ0v) is 22.0. The Hall–Kier alpha value is -4.92. The van der Waals surface area contributed by atoms with Crippen LogP contribution in [0.5, 0.6) is 11.5 Å². The van der Waals surface area contributed by atoms with Gasteiger partial charge in [0.05, 0.1) is 12.7 Å². The number of nitrogens with one attached hydrogen (secondary N) is 1. The Kier molecular flexibility index (Phi) is 8.83. The van der Waals surface area contributed by atoms with Crippen molar-refractivity contribution in [3.05, 3.63) is 118 Å². The highest BCUT2D eigenvalue weighted by Gasteiger charge is 2.07. The maximum Gasteiger partial charge on any atom is 0.412 e. The summed E-state index contributed by atoms with van der Waals surface area (Å²) >= 11 is 0. The third-order valence-electron chi connectivity index (χ3n) is 6.30. The molecule has 204 valence electrons. The molecule has 0 bridgehead atoms. The molecule has 5 aromatic rings. The van der Waals surface area contributed by atoms with Crippen molar-refractivity contribution in [1.29, 1.82) is 0 Å². The van der Waals surface area contributed by atoms with Gasteiger partial charge in [-0.25, -0.2) is 14.3 Å². The van der Waals surface area contributed by atoms with E-state index >= 15 is 0 Å². The van der Waals surface area contributed by atoms with Crippen molar-refractivity contribution < 1.29 is 18.7 Å². The van der Waals surface area contributed by atoms with Gasteiger partial charge >= 0.3 is 11.7 Å². The van der Waals surface area contributed by atoms with Crippen LogP contribution in [0.2, 0.25) is 0 Å². The largest absolute Gasteiger partial charge is 0.487 e. The molecule has 0 saturated carbocycles. The first-order valence-electron chi connectivity index (χ1n) is 13.2. The number of fused-ring (bicyclic) bond motifs is 1. The van der Waals surface area contributed by atoms with Gasteiger partial charge in [-0.1, -0.05) is 54.1 Å². The van der Waals surface area contributed by atoms with E-state index in [-0.39, 0.29) is 6.61 Å². The second-order valence-electron chi connectivity index (χ2n) is 9.41. The number of amides is 1. The Morgan fingerprint density at radius 1 is 0.875 bits per heavy atom. The van der Waals surface area contributed by atoms with Crippen LogP contribution in [-0.2, 0) is 19.6 Å². The van der Waals surface area contributed by atoms with E-state index < -0.39 is 11.7 Å². The fourth-order valence-electron chi connectivity index (χ4n) is 4.23. The van der Waals surface area contributed by atoms with Gasteiger partial charge in [0.25, 0.3) is 0 Å². The van der Waals surface area contributed by atoms with Crippen molar-refractivity contribution >= 4 is 17.1 Å². The third-order valence-corrected chi connectivity index (χ3v) is 6.30. The number of ether oxygens (including phenoxy) is 2. The molecule has 0 aliphatic rings. The number of carbonyl (C=O) groups is 1. The molecule has 0 spiro atoms. The van der Waals surface area contributed by atoms with Gasteiger partial charge in [0, 0.05) is 24.1 Å². The topological polar surface area (TPSA) is 108 Å². The number of rotatable bonds is 12. The number of nitrogens with zero attached hydrogens (tertiary/aromatic N) is 3. The van der Waals surface area contributed by atoms with Gasteiger partial charge in [0.2, 0.25) is 0 Å². The molecule has 2 aromatic heterocycles. The predicted molar refractivity (Wildman–Crippen MR) is 150 cm³/mol. The normalized spacial score (nSPS) is 10.9. The number of benzene rings is 3. The summed E-state index contributed by atoms with van der Waals surface area (Å²) in [5, 5.41) is 11.9. The summed E-state index contributed by atoms with van der Waals surface area (Å²) in [7, 11) is 0. The Morgan fingerprint density at radius 2 is 1.68 bits per heavy atom. The van der Waals surface area contributed by atoms with Crippen molar-refractivity contribution in [2.24, 2.45) is 0 Å². The summed E-state index contributed by atoms with van der Waals surface area (Å²) in [6, 6.07) is 26.1. The average molecular weight is 539 g/mol. The summed E-state index contributed by atoms with van der Waals surface area (Å²) in [4.78, 5) is 23.5. The highest BCUT2D eigenvalue weighted by molar-refractivity contribution is 5.77. The first-order valence-corrected chi connectivity index (χ1v) is 13.2. The lowest BCUT2D eigenvalue weighted by molar-refractivity contribution is 0.200. The van der Waals surface area contributed by atoms with Gasteiger partial charge in [-0.05, 0) is 60.7 Å². The number of carbonyl (C=O) groups excluding carboxylic acids is 1. The molecule has 0 radical (unpaired) electrons. The lowest BCUT2D eigenvalue weighted by Crippen LogP contribution is -2.27. The second-order valence-corrected chi connectivity index (χ2v) is 9.41. The molecule has 3 aromatic carbocycles. The van der Waals surface area contributed by atoms with E-state index in [1.54, 1.807) is 35.1 Å². The van der Waals surface area contributed by atoms with Crippen molar-refractivity contribution in [2.45, 2.75) is 38.8 Å². The maximum absolute atomic E-state index is 12.1. The number of aryl methyl sites for hydroxylation is 1. The number of hydrogen-bond acceptors (Lipinski definition) is 7. The Labute approximate surface area is 231 Å². The smallest absolute Gasteiger partial charge is 0.412 e. The van der Waals surface area contributed by atoms with E-state index in [1.807, 2.05) is 30.3 Å². The molecule has 0 atom stereocenters. The van der Waals surface area contributed by atoms with Crippen LogP contribution in [0.25, 0.3) is 11.0 Å². The molecule has 1 N–H and O–H groups in total. The molecule has 9 nitrogen and oxygen atoms in total. The Morgan fingerprint density at radius 3 is 2.52 bits per heavy atom. The summed E-state index contributed by atoms with van der Waals surface area (Å²) in [5.74, 6) is 1.04. The van der Waals surface area contributed by atoms with E-state index in [0.29, 0.717) is 35.9 Å². The predicted octanol–water partition coefficient (Wildman–Crippen LogP) is 5.51. The molecule has 9 heteroatoms. The van der Waals surface area contributed by atoms with Gasteiger partial charge < -0.3 is 19.2 Å².